The van der Waals surface area contributed by atoms with Gasteiger partial charge in [-0.3, -0.25) is 4.79 Å². The zero-order valence-corrected chi connectivity index (χ0v) is 10.2. The third-order valence-corrected chi connectivity index (χ3v) is 2.53. The van der Waals surface area contributed by atoms with E-state index in [0.29, 0.717) is 17.8 Å². The molecule has 1 amide bonds. The molecule has 0 fully saturated rings. The maximum atomic E-state index is 13.3. The molecule has 0 unspecified atom stereocenters. The van der Waals surface area contributed by atoms with Crippen molar-refractivity contribution in [3.63, 3.8) is 0 Å². The van der Waals surface area contributed by atoms with Crippen LogP contribution in [-0.2, 0) is 0 Å². The Bertz CT molecular complexity index is 440. The van der Waals surface area contributed by atoms with Crippen LogP contribution in [-0.4, -0.2) is 22.9 Å². The minimum Gasteiger partial charge on any atom is -0.503 e. The minimum absolute atomic E-state index is 0.253. The lowest BCUT2D eigenvalue weighted by Crippen LogP contribution is -2.26. The Kier molecular flexibility index (Phi) is 4.80. The lowest BCUT2D eigenvalue weighted by molar-refractivity contribution is 0.0948. The maximum Gasteiger partial charge on any atom is 0.254 e. The number of alkyl halides is 1. The van der Waals surface area contributed by atoms with Crippen LogP contribution in [0.2, 0.25) is 0 Å². The number of phenols is 1. The molecule has 0 radical (unpaired) electrons. The molecule has 0 atom stereocenters. The maximum absolute atomic E-state index is 13.3. The summed E-state index contributed by atoms with van der Waals surface area (Å²) in [5.74, 6) is -7.05. The van der Waals surface area contributed by atoms with Gasteiger partial charge in [-0.25, -0.2) is 8.78 Å². The molecular weight excluding hydrogens is 303 g/mol. The Morgan fingerprint density at radius 1 is 1.35 bits per heavy atom. The van der Waals surface area contributed by atoms with E-state index in [2.05, 4.69) is 21.2 Å². The van der Waals surface area contributed by atoms with Crippen molar-refractivity contribution in [3.05, 3.63) is 29.1 Å². The van der Waals surface area contributed by atoms with Crippen molar-refractivity contribution in [1.29, 1.82) is 0 Å². The van der Waals surface area contributed by atoms with E-state index in [9.17, 15) is 18.0 Å². The number of amides is 1. The van der Waals surface area contributed by atoms with E-state index in [1.54, 1.807) is 0 Å². The van der Waals surface area contributed by atoms with Crippen molar-refractivity contribution < 1.29 is 23.1 Å². The molecule has 0 bridgehead atoms. The SMILES string of the molecule is O=C(NCCCBr)c1cc(F)c(F)c(O)c1F. The second kappa shape index (κ2) is 5.90. The van der Waals surface area contributed by atoms with Crippen LogP contribution in [0.1, 0.15) is 16.8 Å². The summed E-state index contributed by atoms with van der Waals surface area (Å²) < 4.78 is 38.9. The Morgan fingerprint density at radius 2 is 2.00 bits per heavy atom. The molecule has 1 aromatic rings. The fourth-order valence-corrected chi connectivity index (χ4v) is 1.40. The quantitative estimate of drug-likeness (QED) is 0.509. The smallest absolute Gasteiger partial charge is 0.254 e. The summed E-state index contributed by atoms with van der Waals surface area (Å²) in [7, 11) is 0. The molecule has 0 heterocycles. The van der Waals surface area contributed by atoms with Crippen molar-refractivity contribution in [3.8, 4) is 5.75 Å². The highest BCUT2D eigenvalue weighted by Crippen LogP contribution is 2.25. The summed E-state index contributed by atoms with van der Waals surface area (Å²) >= 11 is 3.13. The van der Waals surface area contributed by atoms with Crippen LogP contribution < -0.4 is 5.32 Å². The van der Waals surface area contributed by atoms with Crippen molar-refractivity contribution in [2.75, 3.05) is 11.9 Å². The Balaban J connectivity index is 2.94. The average molecular weight is 312 g/mol. The first-order valence-electron chi connectivity index (χ1n) is 4.69. The largest absolute Gasteiger partial charge is 0.503 e. The first-order chi connectivity index (χ1) is 7.99. The third kappa shape index (κ3) is 3.12. The topological polar surface area (TPSA) is 49.3 Å². The predicted molar refractivity (Wildman–Crippen MR) is 58.7 cm³/mol. The summed E-state index contributed by atoms with van der Waals surface area (Å²) in [5, 5.41) is 11.9. The van der Waals surface area contributed by atoms with Gasteiger partial charge in [0.1, 0.15) is 0 Å². The predicted octanol–water partition coefficient (Wildman–Crippen LogP) is 2.32. The zero-order valence-electron chi connectivity index (χ0n) is 8.57. The number of phenolic OH excluding ortho intramolecular Hbond substituents is 1. The Labute approximate surface area is 104 Å². The van der Waals surface area contributed by atoms with Gasteiger partial charge in [-0.15, -0.1) is 0 Å². The molecule has 0 aliphatic heterocycles. The molecule has 0 saturated heterocycles. The van der Waals surface area contributed by atoms with Gasteiger partial charge in [0.15, 0.2) is 17.4 Å². The number of rotatable bonds is 4. The molecule has 0 aromatic heterocycles. The molecule has 94 valence electrons. The van der Waals surface area contributed by atoms with Crippen LogP contribution in [0.5, 0.6) is 5.75 Å². The summed E-state index contributed by atoms with van der Waals surface area (Å²) in [6.45, 7) is 0.253. The van der Waals surface area contributed by atoms with Crippen molar-refractivity contribution in [1.82, 2.24) is 5.32 Å². The van der Waals surface area contributed by atoms with Crippen molar-refractivity contribution in [2.24, 2.45) is 0 Å². The van der Waals surface area contributed by atoms with E-state index >= 15 is 0 Å². The third-order valence-electron chi connectivity index (χ3n) is 1.97. The van der Waals surface area contributed by atoms with Crippen LogP contribution in [0, 0.1) is 17.5 Å². The summed E-state index contributed by atoms with van der Waals surface area (Å²) in [6, 6.07) is 0.411. The fraction of sp³-hybridized carbons (Fsp3) is 0.300. The van der Waals surface area contributed by atoms with E-state index in [1.807, 2.05) is 0 Å². The molecular formula is C10H9BrF3NO2. The van der Waals surface area contributed by atoms with Crippen LogP contribution in [0.3, 0.4) is 0 Å². The van der Waals surface area contributed by atoms with Gasteiger partial charge in [0.25, 0.3) is 5.91 Å². The molecule has 17 heavy (non-hydrogen) atoms. The number of carbonyl (C=O) groups is 1. The number of nitrogens with one attached hydrogen (secondary N) is 1. The standard InChI is InChI=1S/C10H9BrF3NO2/c11-2-1-3-15-10(17)5-4-6(12)8(14)9(16)7(5)13/h4,16H,1-3H2,(H,15,17). The van der Waals surface area contributed by atoms with E-state index in [4.69, 9.17) is 5.11 Å². The van der Waals surface area contributed by atoms with E-state index in [1.165, 1.54) is 0 Å². The minimum atomic E-state index is -1.71. The first-order valence-corrected chi connectivity index (χ1v) is 5.81. The number of hydrogen-bond acceptors (Lipinski definition) is 2. The van der Waals surface area contributed by atoms with Gasteiger partial charge >= 0.3 is 0 Å². The normalized spacial score (nSPS) is 10.4. The van der Waals surface area contributed by atoms with E-state index in [0.717, 1.165) is 0 Å². The average Bonchev–Trinajstić information content (AvgIpc) is 2.31. The molecule has 0 saturated carbocycles. The molecule has 1 rings (SSSR count). The van der Waals surface area contributed by atoms with Crippen LogP contribution in [0.4, 0.5) is 13.2 Å². The second-order valence-electron chi connectivity index (χ2n) is 3.18. The lowest BCUT2D eigenvalue weighted by Gasteiger charge is -2.07. The highest BCUT2D eigenvalue weighted by atomic mass is 79.9. The van der Waals surface area contributed by atoms with E-state index < -0.39 is 34.7 Å². The number of halogens is 4. The fourth-order valence-electron chi connectivity index (χ4n) is 1.12. The lowest BCUT2D eigenvalue weighted by atomic mass is 10.1. The van der Waals surface area contributed by atoms with Gasteiger partial charge in [-0.2, -0.15) is 4.39 Å². The monoisotopic (exact) mass is 311 g/mol. The first kappa shape index (κ1) is 13.8. The molecule has 0 aliphatic carbocycles. The van der Waals surface area contributed by atoms with Crippen molar-refractivity contribution >= 4 is 21.8 Å². The van der Waals surface area contributed by atoms with Gasteiger partial charge in [-0.1, -0.05) is 15.9 Å². The molecule has 0 spiro atoms. The van der Waals surface area contributed by atoms with Crippen LogP contribution >= 0.6 is 15.9 Å². The number of benzene rings is 1. The van der Waals surface area contributed by atoms with Gasteiger partial charge < -0.3 is 10.4 Å². The number of carbonyl (C=O) groups excluding carboxylic acids is 1. The van der Waals surface area contributed by atoms with Crippen LogP contribution in [0.25, 0.3) is 0 Å². The molecule has 3 nitrogen and oxygen atoms in total. The molecule has 2 N–H and O–H groups in total. The molecule has 1 aromatic carbocycles. The summed E-state index contributed by atoms with van der Waals surface area (Å²) in [6.07, 6.45) is 0.600. The molecule has 7 heteroatoms. The van der Waals surface area contributed by atoms with Gasteiger partial charge in [0, 0.05) is 11.9 Å². The Hall–Kier alpha value is -1.24. The highest BCUT2D eigenvalue weighted by Gasteiger charge is 2.21. The Morgan fingerprint density at radius 3 is 2.59 bits per heavy atom. The van der Waals surface area contributed by atoms with Crippen LogP contribution in [0.15, 0.2) is 6.07 Å². The van der Waals surface area contributed by atoms with Gasteiger partial charge in [0.05, 0.1) is 5.56 Å². The second-order valence-corrected chi connectivity index (χ2v) is 3.97. The summed E-state index contributed by atoms with van der Waals surface area (Å²) in [5.41, 5.74) is -0.726. The van der Waals surface area contributed by atoms with Gasteiger partial charge in [0.2, 0.25) is 5.82 Å². The number of aromatic hydroxyl groups is 1. The van der Waals surface area contributed by atoms with Gasteiger partial charge in [-0.05, 0) is 12.5 Å². The highest BCUT2D eigenvalue weighted by molar-refractivity contribution is 9.09. The zero-order chi connectivity index (χ0) is 13.0. The van der Waals surface area contributed by atoms with Crippen molar-refractivity contribution in [2.45, 2.75) is 6.42 Å². The summed E-state index contributed by atoms with van der Waals surface area (Å²) in [4.78, 5) is 11.4. The van der Waals surface area contributed by atoms with E-state index in [-0.39, 0.29) is 6.54 Å². The number of hydrogen-bond donors (Lipinski definition) is 2. The molecule has 0 aliphatic rings.